The van der Waals surface area contributed by atoms with Crippen molar-refractivity contribution in [1.82, 2.24) is 4.90 Å². The minimum atomic E-state index is -1.42. The quantitative estimate of drug-likeness (QED) is 0.339. The first kappa shape index (κ1) is 27.1. The molecular weight excluding hydrogens is 530 g/mol. The third kappa shape index (κ3) is 5.23. The molecule has 2 aromatic rings. The van der Waals surface area contributed by atoms with E-state index in [-0.39, 0.29) is 35.0 Å². The number of ether oxygens (including phenoxy) is 1. The molecule has 0 bridgehead atoms. The van der Waals surface area contributed by atoms with E-state index < -0.39 is 34.8 Å². The smallest absolute Gasteiger partial charge is 0.412 e. The van der Waals surface area contributed by atoms with E-state index >= 15 is 4.39 Å². The summed E-state index contributed by atoms with van der Waals surface area (Å²) in [4.78, 5) is 32.1. The van der Waals surface area contributed by atoms with Crippen LogP contribution in [0.25, 0.3) is 0 Å². The number of carbonyl (C=O) groups is 2. The van der Waals surface area contributed by atoms with E-state index in [1.165, 1.54) is 35.4 Å². The number of likely N-dealkylation sites (tertiary alicyclic amines) is 1. The van der Waals surface area contributed by atoms with Gasteiger partial charge in [-0.3, -0.25) is 15.1 Å². The Labute approximate surface area is 229 Å². The average molecular weight is 559 g/mol. The molecule has 1 saturated heterocycles. The molecule has 1 spiro atoms. The van der Waals surface area contributed by atoms with E-state index in [9.17, 15) is 19.1 Å². The van der Waals surface area contributed by atoms with Crippen molar-refractivity contribution in [2.45, 2.75) is 43.2 Å². The monoisotopic (exact) mass is 558 g/mol. The molecule has 4 N–H and O–H groups in total. The number of benzene rings is 2. The summed E-state index contributed by atoms with van der Waals surface area (Å²) in [5, 5.41) is 12.8. The Morgan fingerprint density at radius 3 is 2.69 bits per heavy atom. The number of hydrogen-bond donors (Lipinski definition) is 3. The van der Waals surface area contributed by atoms with E-state index in [4.69, 9.17) is 22.1 Å². The fourth-order valence-electron chi connectivity index (χ4n) is 5.49. The number of piperidine rings is 1. The molecule has 2 amide bonds. The van der Waals surface area contributed by atoms with Crippen LogP contribution in [0.1, 0.15) is 43.2 Å². The second kappa shape index (κ2) is 10.6. The minimum absolute atomic E-state index is 0.0508. The van der Waals surface area contributed by atoms with Crippen molar-refractivity contribution in [3.05, 3.63) is 76.0 Å². The zero-order chi connectivity index (χ0) is 27.8. The number of nitrogens with zero attached hydrogens (tertiary/aromatic N) is 2. The Hall–Kier alpha value is -3.50. The lowest BCUT2D eigenvalue weighted by Gasteiger charge is -2.45. The van der Waals surface area contributed by atoms with E-state index in [1.54, 1.807) is 12.1 Å². The maximum Gasteiger partial charge on any atom is 0.412 e. The molecule has 1 saturated carbocycles. The van der Waals surface area contributed by atoms with Gasteiger partial charge < -0.3 is 20.5 Å². The highest BCUT2D eigenvalue weighted by molar-refractivity contribution is 6.31. The van der Waals surface area contributed by atoms with E-state index in [0.717, 1.165) is 19.0 Å². The zero-order valence-electron chi connectivity index (χ0n) is 21.1. The van der Waals surface area contributed by atoms with Crippen molar-refractivity contribution in [3.63, 3.8) is 0 Å². The normalized spacial score (nSPS) is 22.8. The Morgan fingerprint density at radius 2 is 2.03 bits per heavy atom. The summed E-state index contributed by atoms with van der Waals surface area (Å²) in [5.41, 5.74) is 4.37. The standard InChI is InChI=1S/C28H29ClF2N4O4/c29-21-8-9-22-23(24(21)31)28(39-26(38)34-22)10-1-11-35(15-28)25(37)18(13-32)14-33-27(16-36,12-17-2-3-17)19-4-6-20(30)7-5-19/h4-9,13-14,17,36H,1-3,10-12,15-16,32H2,(H,34,38)/b18-13+,33-14?/t27-,28-/m0/s1. The third-order valence-electron chi connectivity index (χ3n) is 7.66. The van der Waals surface area contributed by atoms with Gasteiger partial charge in [0.05, 0.1) is 35.0 Å². The van der Waals surface area contributed by atoms with Gasteiger partial charge in [0.25, 0.3) is 5.91 Å². The molecule has 1 aliphatic carbocycles. The van der Waals surface area contributed by atoms with Crippen LogP contribution in [0.4, 0.5) is 19.3 Å². The van der Waals surface area contributed by atoms with Gasteiger partial charge in [-0.15, -0.1) is 0 Å². The predicted octanol–water partition coefficient (Wildman–Crippen LogP) is 4.60. The molecule has 2 aromatic carbocycles. The summed E-state index contributed by atoms with van der Waals surface area (Å²) in [5.74, 6) is -1.25. The van der Waals surface area contributed by atoms with Crippen LogP contribution in [0, 0.1) is 17.6 Å². The van der Waals surface area contributed by atoms with Gasteiger partial charge in [-0.1, -0.05) is 36.6 Å². The zero-order valence-corrected chi connectivity index (χ0v) is 21.9. The Morgan fingerprint density at radius 1 is 1.28 bits per heavy atom. The molecule has 2 fully saturated rings. The number of anilines is 1. The van der Waals surface area contributed by atoms with Crippen LogP contribution in [-0.2, 0) is 20.7 Å². The molecule has 11 heteroatoms. The fraction of sp³-hybridized carbons (Fsp3) is 0.393. The molecule has 39 heavy (non-hydrogen) atoms. The van der Waals surface area contributed by atoms with Crippen LogP contribution in [0.15, 0.2) is 53.2 Å². The van der Waals surface area contributed by atoms with Crippen LogP contribution in [-0.4, -0.2) is 47.9 Å². The lowest BCUT2D eigenvalue weighted by molar-refractivity contribution is -0.134. The van der Waals surface area contributed by atoms with Gasteiger partial charge in [-0.25, -0.2) is 13.6 Å². The van der Waals surface area contributed by atoms with Gasteiger partial charge in [-0.2, -0.15) is 0 Å². The number of aliphatic imine (C=N–C) groups is 1. The summed E-state index contributed by atoms with van der Waals surface area (Å²) >= 11 is 6.05. The summed E-state index contributed by atoms with van der Waals surface area (Å²) in [7, 11) is 0. The predicted molar refractivity (Wildman–Crippen MR) is 142 cm³/mol. The largest absolute Gasteiger partial charge is 0.436 e. The molecule has 8 nitrogen and oxygen atoms in total. The number of amides is 2. The molecule has 206 valence electrons. The first-order chi connectivity index (χ1) is 18.7. The fourth-order valence-corrected chi connectivity index (χ4v) is 5.65. The summed E-state index contributed by atoms with van der Waals surface area (Å²) < 4.78 is 34.4. The molecular formula is C28H29ClF2N4O4. The Kier molecular flexibility index (Phi) is 7.35. The van der Waals surface area contributed by atoms with Crippen LogP contribution >= 0.6 is 11.6 Å². The average Bonchev–Trinajstić information content (AvgIpc) is 3.74. The molecule has 0 unspecified atom stereocenters. The maximum atomic E-state index is 15.2. The SMILES string of the molecule is N/C=C(\C=N[C@](CO)(CC1CC1)c1ccc(F)cc1)C(=O)N1CCC[C@@]2(C1)OC(=O)Nc1ccc(Cl)c(F)c12. The van der Waals surface area contributed by atoms with Crippen molar-refractivity contribution in [1.29, 1.82) is 0 Å². The lowest BCUT2D eigenvalue weighted by atomic mass is 9.83. The molecule has 2 aliphatic heterocycles. The number of nitrogens with two attached hydrogens (primary N) is 1. The number of nitrogens with one attached hydrogen (secondary N) is 1. The third-order valence-corrected chi connectivity index (χ3v) is 7.95. The van der Waals surface area contributed by atoms with Gasteiger partial charge in [0.1, 0.15) is 11.4 Å². The maximum absolute atomic E-state index is 15.2. The molecule has 0 aromatic heterocycles. The van der Waals surface area contributed by atoms with Crippen LogP contribution < -0.4 is 11.1 Å². The first-order valence-corrected chi connectivity index (χ1v) is 13.2. The van der Waals surface area contributed by atoms with Crippen LogP contribution in [0.3, 0.4) is 0 Å². The number of hydrogen-bond acceptors (Lipinski definition) is 6. The van der Waals surface area contributed by atoms with Crippen LogP contribution in [0.2, 0.25) is 5.02 Å². The van der Waals surface area contributed by atoms with Crippen molar-refractivity contribution >= 4 is 35.5 Å². The first-order valence-electron chi connectivity index (χ1n) is 12.8. The van der Waals surface area contributed by atoms with E-state index in [2.05, 4.69) is 10.3 Å². The highest BCUT2D eigenvalue weighted by Crippen LogP contribution is 2.46. The number of carbonyl (C=O) groups excluding carboxylic acids is 2. The number of aliphatic hydroxyl groups is 1. The topological polar surface area (TPSA) is 117 Å². The summed E-state index contributed by atoms with van der Waals surface area (Å²) in [6.07, 6.45) is 4.96. The van der Waals surface area contributed by atoms with Crippen molar-refractivity contribution in [3.8, 4) is 0 Å². The molecule has 2 heterocycles. The van der Waals surface area contributed by atoms with Gasteiger partial charge in [0.15, 0.2) is 11.4 Å². The molecule has 0 radical (unpaired) electrons. The van der Waals surface area contributed by atoms with Crippen LogP contribution in [0.5, 0.6) is 0 Å². The number of aliphatic hydroxyl groups excluding tert-OH is 1. The van der Waals surface area contributed by atoms with Crippen molar-refractivity contribution < 1.29 is 28.2 Å². The molecule has 5 rings (SSSR count). The second-order valence-corrected chi connectivity index (χ2v) is 10.8. The summed E-state index contributed by atoms with van der Waals surface area (Å²) in [6.45, 7) is -0.135. The Balaban J connectivity index is 1.43. The van der Waals surface area contributed by atoms with Gasteiger partial charge >= 0.3 is 6.09 Å². The molecule has 3 aliphatic rings. The van der Waals surface area contributed by atoms with Gasteiger partial charge in [0, 0.05) is 19.0 Å². The summed E-state index contributed by atoms with van der Waals surface area (Å²) in [6, 6.07) is 8.63. The van der Waals surface area contributed by atoms with Crippen molar-refractivity contribution in [2.75, 3.05) is 25.0 Å². The van der Waals surface area contributed by atoms with E-state index in [0.29, 0.717) is 37.3 Å². The Bertz CT molecular complexity index is 1350. The van der Waals surface area contributed by atoms with Crippen molar-refractivity contribution in [2.24, 2.45) is 16.6 Å². The lowest BCUT2D eigenvalue weighted by Crippen LogP contribution is -2.54. The van der Waals surface area contributed by atoms with Gasteiger partial charge in [-0.05, 0) is 55.0 Å². The molecule has 2 atom stereocenters. The number of halogens is 3. The number of fused-ring (bicyclic) bond motifs is 2. The minimum Gasteiger partial charge on any atom is -0.436 e. The van der Waals surface area contributed by atoms with E-state index in [1.807, 2.05) is 0 Å². The number of rotatable bonds is 7. The van der Waals surface area contributed by atoms with Gasteiger partial charge in [0.2, 0.25) is 0 Å². The highest BCUT2D eigenvalue weighted by atomic mass is 35.5. The second-order valence-electron chi connectivity index (χ2n) is 10.3. The highest BCUT2D eigenvalue weighted by Gasteiger charge is 2.49.